The van der Waals surface area contributed by atoms with Crippen LogP contribution in [0.3, 0.4) is 0 Å². The number of allylic oxidation sites excluding steroid dienone is 1. The zero-order valence-electron chi connectivity index (χ0n) is 21.0. The summed E-state index contributed by atoms with van der Waals surface area (Å²) in [5.41, 5.74) is 6.45. The smallest absolute Gasteiger partial charge is 0.226 e. The number of ether oxygens (including phenoxy) is 1. The molecule has 192 valence electrons. The van der Waals surface area contributed by atoms with Crippen molar-refractivity contribution < 1.29 is 14.9 Å². The first-order valence-corrected chi connectivity index (χ1v) is 13.2. The molecule has 1 atom stereocenters. The third kappa shape index (κ3) is 5.04. The molecule has 1 aromatic carbocycles. The second kappa shape index (κ2) is 10.5. The van der Waals surface area contributed by atoms with Crippen molar-refractivity contribution in [3.8, 4) is 17.0 Å². The second-order valence-electron chi connectivity index (χ2n) is 10.1. The number of phenolic OH excluding ortho intramolecular Hbond substituents is 1. The fourth-order valence-corrected chi connectivity index (χ4v) is 5.66. The van der Waals surface area contributed by atoms with Crippen LogP contribution in [0.25, 0.3) is 17.3 Å². The minimum absolute atomic E-state index is 0.162. The zero-order chi connectivity index (χ0) is 25.2. The topological polar surface area (TPSA) is 94.8 Å². The van der Waals surface area contributed by atoms with Crippen molar-refractivity contribution in [2.75, 3.05) is 49.3 Å². The molecule has 2 saturated heterocycles. The maximum absolute atomic E-state index is 10.1. The van der Waals surface area contributed by atoms with E-state index in [4.69, 9.17) is 14.7 Å². The summed E-state index contributed by atoms with van der Waals surface area (Å²) in [4.78, 5) is 19.0. The number of anilines is 2. The van der Waals surface area contributed by atoms with E-state index in [1.807, 2.05) is 18.3 Å². The summed E-state index contributed by atoms with van der Waals surface area (Å²) >= 11 is 0. The molecule has 4 heterocycles. The Bertz CT molecular complexity index is 1300. The minimum atomic E-state index is 0.162. The van der Waals surface area contributed by atoms with Gasteiger partial charge in [0.2, 0.25) is 5.95 Å². The maximum atomic E-state index is 10.1. The van der Waals surface area contributed by atoms with Gasteiger partial charge in [0.25, 0.3) is 0 Å². The van der Waals surface area contributed by atoms with E-state index in [0.717, 1.165) is 80.1 Å². The average molecular weight is 500 g/mol. The number of benzene rings is 1. The Morgan fingerprint density at radius 1 is 1.03 bits per heavy atom. The van der Waals surface area contributed by atoms with Gasteiger partial charge in [-0.1, -0.05) is 17.7 Å². The first kappa shape index (κ1) is 23.9. The highest BCUT2D eigenvalue weighted by atomic mass is 16.5. The number of aliphatic hydroxyl groups is 1. The number of rotatable bonds is 6. The summed E-state index contributed by atoms with van der Waals surface area (Å²) < 4.78 is 5.54. The van der Waals surface area contributed by atoms with Gasteiger partial charge in [-0.2, -0.15) is 0 Å². The van der Waals surface area contributed by atoms with Gasteiger partial charge in [-0.25, -0.2) is 15.0 Å². The van der Waals surface area contributed by atoms with Crippen molar-refractivity contribution in [3.63, 3.8) is 0 Å². The summed E-state index contributed by atoms with van der Waals surface area (Å²) in [6.07, 6.45) is 8.83. The van der Waals surface area contributed by atoms with Crippen LogP contribution >= 0.6 is 0 Å². The lowest BCUT2D eigenvalue weighted by molar-refractivity contribution is 0.122. The number of nitrogens with zero attached hydrogens (tertiary/aromatic N) is 5. The molecule has 3 aliphatic rings. The quantitative estimate of drug-likeness (QED) is 0.531. The fourth-order valence-electron chi connectivity index (χ4n) is 5.66. The molecule has 2 aliphatic heterocycles. The molecule has 2 aromatic heterocycles. The lowest BCUT2D eigenvalue weighted by Gasteiger charge is -2.29. The van der Waals surface area contributed by atoms with E-state index < -0.39 is 0 Å². The Labute approximate surface area is 217 Å². The number of aliphatic hydroxyl groups excluding tert-OH is 1. The van der Waals surface area contributed by atoms with Crippen LogP contribution in [0.2, 0.25) is 0 Å². The van der Waals surface area contributed by atoms with Gasteiger partial charge in [-0.05, 0) is 68.0 Å². The third-order valence-electron chi connectivity index (χ3n) is 7.60. The Hall–Kier alpha value is -3.49. The van der Waals surface area contributed by atoms with Gasteiger partial charge in [0, 0.05) is 37.0 Å². The highest BCUT2D eigenvalue weighted by Gasteiger charge is 2.26. The highest BCUT2D eigenvalue weighted by Crippen LogP contribution is 2.35. The van der Waals surface area contributed by atoms with Crippen molar-refractivity contribution in [1.29, 1.82) is 0 Å². The lowest BCUT2D eigenvalue weighted by atomic mass is 9.89. The van der Waals surface area contributed by atoms with Crippen LogP contribution in [0.15, 0.2) is 48.2 Å². The van der Waals surface area contributed by atoms with Crippen LogP contribution in [0.4, 0.5) is 11.8 Å². The molecule has 2 fully saturated rings. The molecular weight excluding hydrogens is 466 g/mol. The Morgan fingerprint density at radius 3 is 2.76 bits per heavy atom. The molecule has 6 rings (SSSR count). The Balaban J connectivity index is 1.33. The van der Waals surface area contributed by atoms with Gasteiger partial charge in [-0.15, -0.1) is 0 Å². The van der Waals surface area contributed by atoms with Crippen molar-refractivity contribution >= 4 is 17.8 Å². The fraction of sp³-hybridized carbons (Fsp3) is 0.414. The van der Waals surface area contributed by atoms with Crippen LogP contribution in [-0.2, 0) is 17.6 Å². The van der Waals surface area contributed by atoms with E-state index in [1.54, 1.807) is 12.1 Å². The molecule has 0 radical (unpaired) electrons. The molecule has 8 heteroatoms. The molecule has 8 nitrogen and oxygen atoms in total. The van der Waals surface area contributed by atoms with Crippen molar-refractivity contribution in [3.05, 3.63) is 65.0 Å². The number of hydrogen-bond donors (Lipinski definition) is 2. The third-order valence-corrected chi connectivity index (χ3v) is 7.60. The predicted octanol–water partition coefficient (Wildman–Crippen LogP) is 3.61. The normalized spacial score (nSPS) is 19.6. The van der Waals surface area contributed by atoms with Crippen LogP contribution < -0.4 is 9.80 Å². The number of pyridine rings is 1. The molecular formula is C29H33N5O3. The summed E-state index contributed by atoms with van der Waals surface area (Å²) in [6.45, 7) is 3.97. The number of phenols is 1. The molecule has 0 amide bonds. The van der Waals surface area contributed by atoms with Crippen LogP contribution in [0.5, 0.6) is 5.75 Å². The summed E-state index contributed by atoms with van der Waals surface area (Å²) in [6, 6.07) is 11.7. The van der Waals surface area contributed by atoms with E-state index in [2.05, 4.69) is 33.0 Å². The molecule has 37 heavy (non-hydrogen) atoms. The number of aromatic hydroxyl groups is 1. The largest absolute Gasteiger partial charge is 0.508 e. The van der Waals surface area contributed by atoms with E-state index in [-0.39, 0.29) is 18.4 Å². The molecule has 0 saturated carbocycles. The number of morpholine rings is 1. The van der Waals surface area contributed by atoms with Crippen LogP contribution in [-0.4, -0.2) is 70.7 Å². The molecule has 0 spiro atoms. The molecule has 1 aliphatic carbocycles. The maximum Gasteiger partial charge on any atom is 0.226 e. The van der Waals surface area contributed by atoms with Crippen molar-refractivity contribution in [1.82, 2.24) is 15.0 Å². The van der Waals surface area contributed by atoms with Gasteiger partial charge in [0.1, 0.15) is 11.6 Å². The summed E-state index contributed by atoms with van der Waals surface area (Å²) in [5.74, 6) is 1.90. The number of aromatic nitrogens is 3. The summed E-state index contributed by atoms with van der Waals surface area (Å²) in [5, 5.41) is 19.9. The van der Waals surface area contributed by atoms with Gasteiger partial charge >= 0.3 is 0 Å². The van der Waals surface area contributed by atoms with Gasteiger partial charge in [-0.3, -0.25) is 0 Å². The van der Waals surface area contributed by atoms with E-state index in [9.17, 15) is 10.2 Å². The van der Waals surface area contributed by atoms with Crippen LogP contribution in [0, 0.1) is 0 Å². The number of fused-ring (bicyclic) bond motifs is 1. The predicted molar refractivity (Wildman–Crippen MR) is 144 cm³/mol. The van der Waals surface area contributed by atoms with E-state index in [1.165, 1.54) is 11.1 Å². The van der Waals surface area contributed by atoms with Crippen molar-refractivity contribution in [2.45, 2.75) is 38.1 Å². The SMILES string of the molecule is OCC1CCCN1c1cc(CC2=Cc3nc(N4CCOCC4)nc(-c4cccc(O)c4)c3CC2)ccn1. The van der Waals surface area contributed by atoms with E-state index >= 15 is 0 Å². The molecule has 3 aromatic rings. The zero-order valence-corrected chi connectivity index (χ0v) is 21.0. The van der Waals surface area contributed by atoms with Gasteiger partial charge in [0.05, 0.1) is 37.3 Å². The first-order valence-electron chi connectivity index (χ1n) is 13.2. The minimum Gasteiger partial charge on any atom is -0.508 e. The molecule has 0 bridgehead atoms. The van der Waals surface area contributed by atoms with E-state index in [0.29, 0.717) is 19.2 Å². The van der Waals surface area contributed by atoms with Crippen LogP contribution in [0.1, 0.15) is 36.1 Å². The number of hydrogen-bond acceptors (Lipinski definition) is 8. The molecule has 1 unspecified atom stereocenters. The Kier molecular flexibility index (Phi) is 6.76. The van der Waals surface area contributed by atoms with Gasteiger partial charge < -0.3 is 24.7 Å². The average Bonchev–Trinajstić information content (AvgIpc) is 3.42. The summed E-state index contributed by atoms with van der Waals surface area (Å²) in [7, 11) is 0. The first-order chi connectivity index (χ1) is 18.2. The van der Waals surface area contributed by atoms with Crippen molar-refractivity contribution in [2.24, 2.45) is 0 Å². The lowest BCUT2D eigenvalue weighted by Crippen LogP contribution is -2.37. The highest BCUT2D eigenvalue weighted by molar-refractivity contribution is 5.72. The monoisotopic (exact) mass is 499 g/mol. The standard InChI is InChI=1S/C29H33N5O3/c35-19-23-4-2-10-34(23)27-17-21(8-9-30-27)15-20-6-7-25-26(16-20)31-29(33-11-13-37-14-12-33)32-28(25)22-3-1-5-24(36)18-22/h1,3,5,8-9,16-18,23,35-36H,2,4,6-7,10-15,19H2. The van der Waals surface area contributed by atoms with Gasteiger partial charge in [0.15, 0.2) is 0 Å². The molecule has 2 N–H and O–H groups in total. The Morgan fingerprint density at radius 2 is 1.92 bits per heavy atom. The second-order valence-corrected chi connectivity index (χ2v) is 10.1.